The molecule has 0 unspecified atom stereocenters. The van der Waals surface area contributed by atoms with Crippen molar-refractivity contribution in [2.75, 3.05) is 0 Å². The fourth-order valence-electron chi connectivity index (χ4n) is 0. The quantitative estimate of drug-likeness (QED) is 0.417. The maximum atomic E-state index is 0. The summed E-state index contributed by atoms with van der Waals surface area (Å²) in [5, 5.41) is 0. The van der Waals surface area contributed by atoms with Crippen LogP contribution in [-0.2, 0) is 19.5 Å². The van der Waals surface area contributed by atoms with Gasteiger partial charge in [0.25, 0.3) is 0 Å². The molecule has 5 heavy (non-hydrogen) atoms. The maximum absolute atomic E-state index is 0. The number of rotatable bonds is 0. The molecule has 0 saturated heterocycles. The predicted octanol–water partition coefficient (Wildman–Crippen LogP) is -3.02. The van der Waals surface area contributed by atoms with E-state index in [4.69, 9.17) is 0 Å². The van der Waals surface area contributed by atoms with Crippen LogP contribution in [0, 0.1) is 39.9 Å². The van der Waals surface area contributed by atoms with Crippen LogP contribution in [-0.4, -0.2) is 78.2 Å². The van der Waals surface area contributed by atoms with Crippen molar-refractivity contribution in [3.8, 4) is 0 Å². The summed E-state index contributed by atoms with van der Waals surface area (Å²) < 4.78 is 0. The average Bonchev–Trinajstić information content (AvgIpc) is 0. The van der Waals surface area contributed by atoms with Crippen molar-refractivity contribution in [3.05, 3.63) is 0 Å². The first-order chi connectivity index (χ1) is 0. The topological polar surface area (TPSA) is 0 Å². The summed E-state index contributed by atoms with van der Waals surface area (Å²) in [6.07, 6.45) is 0. The van der Waals surface area contributed by atoms with Crippen molar-refractivity contribution in [1.29, 1.82) is 0 Å². The fourth-order valence-corrected chi connectivity index (χ4v) is 0. The van der Waals surface area contributed by atoms with E-state index in [-0.39, 0.29) is 138 Å². The first-order valence-electron chi connectivity index (χ1n) is 0. The molecule has 0 saturated carbocycles. The number of hydrogen-bond acceptors (Lipinski definition) is 0. The Hall–Kier alpha value is 4.51. The molecule has 0 fully saturated rings. The van der Waals surface area contributed by atoms with Gasteiger partial charge in [-0.3, -0.25) is 0 Å². The Morgan fingerprint density at radius 2 is 1.00 bits per heavy atom. The Labute approximate surface area is 134 Å². The summed E-state index contributed by atoms with van der Waals surface area (Å²) in [6.45, 7) is 0. The van der Waals surface area contributed by atoms with Gasteiger partial charge >= 0.3 is 60.8 Å². The van der Waals surface area contributed by atoms with Crippen molar-refractivity contribution in [1.82, 2.24) is 0 Å². The van der Waals surface area contributed by atoms with Crippen molar-refractivity contribution in [2.45, 2.75) is 0 Å². The Kier molecular flexibility index (Phi) is 160. The Morgan fingerprint density at radius 1 is 1.00 bits per heavy atom. The second-order valence-electron chi connectivity index (χ2n) is 0. The molecule has 0 radical (unpaired) electrons. The average molecular weight is 321 g/mol. The third-order valence-electron chi connectivity index (χ3n) is 0. The van der Waals surface area contributed by atoms with Crippen molar-refractivity contribution >= 4 is 78.2 Å². The van der Waals surface area contributed by atoms with Crippen LogP contribution in [0.25, 0.3) is 0 Å². The van der Waals surface area contributed by atoms with Gasteiger partial charge in [-0.15, -0.1) is 0 Å². The second-order valence-corrected chi connectivity index (χ2v) is 0. The molecule has 0 bridgehead atoms. The fraction of sp³-hybridized carbons (Fsp3) is 0. The summed E-state index contributed by atoms with van der Waals surface area (Å²) >= 11 is 0. The van der Waals surface area contributed by atoms with Crippen LogP contribution < -0.4 is 0 Å². The van der Waals surface area contributed by atoms with Crippen molar-refractivity contribution < 1.29 is 59.4 Å². The largest absolute Gasteiger partial charge is 0.316 e. The van der Waals surface area contributed by atoms with E-state index >= 15 is 0 Å². The molecule has 5 heteroatoms. The minimum absolute atomic E-state index is 0. The molecule has 0 heterocycles. The molecule has 0 aliphatic carbocycles. The summed E-state index contributed by atoms with van der Waals surface area (Å²) in [5.74, 6) is 0. The van der Waals surface area contributed by atoms with Gasteiger partial charge in [0.1, 0.15) is 0 Å². The van der Waals surface area contributed by atoms with Crippen LogP contribution in [0.15, 0.2) is 0 Å². The minimum atomic E-state index is 0. The second kappa shape index (κ2) is 23.6. The predicted molar refractivity (Wildman–Crippen MR) is 27.0 cm³/mol. The van der Waals surface area contributed by atoms with E-state index in [9.17, 15) is 0 Å². The molecular weight excluding hydrogens is 314 g/mol. The minimum Gasteiger partial charge on any atom is 0 e. The Balaban J connectivity index is 0. The van der Waals surface area contributed by atoms with Crippen LogP contribution in [0.4, 0.5) is 0 Å². The van der Waals surface area contributed by atoms with E-state index in [1.807, 2.05) is 0 Å². The van der Waals surface area contributed by atoms with Crippen LogP contribution >= 0.6 is 0 Å². The van der Waals surface area contributed by atoms with Crippen molar-refractivity contribution in [2.24, 2.45) is 0 Å². The Bertz CT molecular complexity index is 11.6. The molecule has 0 aromatic carbocycles. The zero-order valence-electron chi connectivity index (χ0n) is 1.06. The molecule has 0 aliphatic rings. The molecule has 0 amide bonds. The smallest absolute Gasteiger partial charge is 0 e. The summed E-state index contributed by atoms with van der Waals surface area (Å²) in [7, 11) is 0. The van der Waals surface area contributed by atoms with Crippen LogP contribution in [0.3, 0.4) is 0 Å². The van der Waals surface area contributed by atoms with E-state index in [1.54, 1.807) is 0 Å². The zero-order chi connectivity index (χ0) is 0. The zero-order valence-corrected chi connectivity index (χ0v) is 6.30. The molecule has 0 aromatic rings. The monoisotopic (exact) mass is 320 g/mol. The van der Waals surface area contributed by atoms with Crippen LogP contribution in [0.1, 0.15) is 0 Å². The Morgan fingerprint density at radius 3 is 1.00 bits per heavy atom. The van der Waals surface area contributed by atoms with Gasteiger partial charge in [-0.25, -0.2) is 0 Å². The van der Waals surface area contributed by atoms with E-state index in [0.29, 0.717) is 0 Å². The first kappa shape index (κ1) is 33.9. The van der Waals surface area contributed by atoms with E-state index < -0.39 is 0 Å². The van der Waals surface area contributed by atoms with E-state index in [2.05, 4.69) is 0 Å². The van der Waals surface area contributed by atoms with Gasteiger partial charge in [-0.1, -0.05) is 0 Å². The standard InChI is InChI=1S/Al.Ca.Gd.Mg.Zn.7H. The summed E-state index contributed by atoms with van der Waals surface area (Å²) in [5.41, 5.74) is 0. The van der Waals surface area contributed by atoms with Gasteiger partial charge in [0.2, 0.25) is 0 Å². The normalized spacial score (nSPS) is 0. The molecular formula is H7AlCaGdMgZn. The third-order valence-corrected chi connectivity index (χ3v) is 0. The van der Waals surface area contributed by atoms with Gasteiger partial charge in [-0.05, 0) is 0 Å². The van der Waals surface area contributed by atoms with Crippen LogP contribution in [0.5, 0.6) is 0 Å². The van der Waals surface area contributed by atoms with E-state index in [1.165, 1.54) is 0 Å². The summed E-state index contributed by atoms with van der Waals surface area (Å²) in [4.78, 5) is 0. The molecule has 0 nitrogen and oxygen atoms in total. The SMILES string of the molecule is [AlH3].[CaH2].[Gd].[MgH2].[Zn]. The third kappa shape index (κ3) is 17.7. The van der Waals surface area contributed by atoms with Gasteiger partial charge in [0.05, 0.1) is 0 Å². The van der Waals surface area contributed by atoms with Crippen LogP contribution in [0.2, 0.25) is 0 Å². The number of hydrogen-bond donors (Lipinski definition) is 0. The molecule has 0 aliphatic heterocycles. The summed E-state index contributed by atoms with van der Waals surface area (Å²) in [6, 6.07) is 0. The first-order valence-corrected chi connectivity index (χ1v) is 0. The molecule has 0 rings (SSSR count). The van der Waals surface area contributed by atoms with Crippen molar-refractivity contribution in [3.63, 3.8) is 0 Å². The molecule has 24 valence electrons. The van der Waals surface area contributed by atoms with E-state index in [0.717, 1.165) is 0 Å². The van der Waals surface area contributed by atoms with Gasteiger partial charge in [0.15, 0.2) is 17.4 Å². The molecule has 0 aromatic heterocycles. The van der Waals surface area contributed by atoms with Gasteiger partial charge in [0, 0.05) is 59.4 Å². The van der Waals surface area contributed by atoms with Gasteiger partial charge in [-0.2, -0.15) is 0 Å². The van der Waals surface area contributed by atoms with Gasteiger partial charge < -0.3 is 0 Å². The maximum Gasteiger partial charge on any atom is 0.316 e. The molecule has 0 N–H and O–H groups in total. The molecule has 0 atom stereocenters. The molecule has 0 spiro atoms.